The van der Waals surface area contributed by atoms with Gasteiger partial charge in [-0.3, -0.25) is 0 Å². The van der Waals surface area contributed by atoms with E-state index in [9.17, 15) is 0 Å². The molecule has 20 heavy (non-hydrogen) atoms. The lowest BCUT2D eigenvalue weighted by Gasteiger charge is -1.95. The van der Waals surface area contributed by atoms with E-state index in [1.165, 1.54) is 25.4 Å². The Morgan fingerprint density at radius 1 is 0.550 bits per heavy atom. The van der Waals surface area contributed by atoms with E-state index in [1.807, 2.05) is 94.1 Å². The maximum absolute atomic E-state index is 2.27. The Hall–Kier alpha value is 1.76. The number of allylic oxidation sites excluding steroid dienone is 2. The van der Waals surface area contributed by atoms with Gasteiger partial charge in [0.2, 0.25) is 0 Å². The zero-order valence-electron chi connectivity index (χ0n) is 11.4. The van der Waals surface area contributed by atoms with Gasteiger partial charge >= 0.3 is 0 Å². The minimum atomic E-state index is 1.38. The first-order valence-corrected chi connectivity index (χ1v) is 13.7. The van der Waals surface area contributed by atoms with Gasteiger partial charge in [-0.25, -0.2) is 0 Å². The molecule has 0 N–H and O–H groups in total. The summed E-state index contributed by atoms with van der Waals surface area (Å²) >= 11 is 15.0. The summed E-state index contributed by atoms with van der Waals surface area (Å²) in [4.78, 5) is 0. The lowest BCUT2D eigenvalue weighted by atomic mass is 10.6. The summed E-state index contributed by atoms with van der Waals surface area (Å²) in [5.41, 5.74) is 0. The molecule has 0 aromatic carbocycles. The van der Waals surface area contributed by atoms with E-state index >= 15 is 0 Å². The van der Waals surface area contributed by atoms with Crippen LogP contribution in [-0.4, -0.2) is 25.0 Å². The summed E-state index contributed by atoms with van der Waals surface area (Å²) in [7, 11) is 0. The summed E-state index contributed by atoms with van der Waals surface area (Å²) in [6.07, 6.45) is 13.2. The van der Waals surface area contributed by atoms with Gasteiger partial charge in [-0.1, -0.05) is 47.0 Å². The minimum Gasteiger partial charge on any atom is -0.121 e. The van der Waals surface area contributed by atoms with Crippen molar-refractivity contribution in [2.24, 2.45) is 0 Å². The molecule has 2 aliphatic heterocycles. The van der Waals surface area contributed by atoms with Gasteiger partial charge in [-0.05, 0) is 37.2 Å². The smallest absolute Gasteiger partial charge is 0.0657 e. The monoisotopic (exact) mass is 414 g/mol. The van der Waals surface area contributed by atoms with E-state index in [0.29, 0.717) is 0 Å². The van der Waals surface area contributed by atoms with Crippen molar-refractivity contribution in [3.63, 3.8) is 0 Å². The lowest BCUT2D eigenvalue weighted by Crippen LogP contribution is -1.63. The van der Waals surface area contributed by atoms with Crippen LogP contribution in [0.15, 0.2) is 37.6 Å². The molecule has 0 amide bonds. The van der Waals surface area contributed by atoms with Crippen molar-refractivity contribution in [3.05, 3.63) is 37.6 Å². The highest BCUT2D eigenvalue weighted by Gasteiger charge is 2.21. The minimum absolute atomic E-state index is 1.38. The highest BCUT2D eigenvalue weighted by atomic mass is 32.3. The van der Waals surface area contributed by atoms with Crippen molar-refractivity contribution in [2.45, 2.75) is 0 Å². The van der Waals surface area contributed by atoms with Crippen LogP contribution in [0.5, 0.6) is 0 Å². The van der Waals surface area contributed by atoms with E-state index in [2.05, 4.69) is 37.2 Å². The van der Waals surface area contributed by atoms with E-state index in [4.69, 9.17) is 0 Å². The zero-order chi connectivity index (χ0) is 14.5. The Labute approximate surface area is 155 Å². The number of hydrogen-bond donors (Lipinski definition) is 0. The first-order valence-electron chi connectivity index (χ1n) is 5.49. The number of rotatable bonds is 5. The maximum Gasteiger partial charge on any atom is 0.0657 e. The van der Waals surface area contributed by atoms with Crippen LogP contribution in [0, 0.1) is 0 Å². The molecule has 0 unspecified atom stereocenters. The highest BCUT2D eigenvalue weighted by Crippen LogP contribution is 2.58. The fourth-order valence-electron chi connectivity index (χ4n) is 1.35. The van der Waals surface area contributed by atoms with E-state index in [1.54, 1.807) is 0 Å². The number of hydrogen-bond acceptors (Lipinski definition) is 8. The Kier molecular flexibility index (Phi) is 8.28. The molecular formula is C12H14S8. The summed E-state index contributed by atoms with van der Waals surface area (Å²) in [6, 6.07) is 0. The van der Waals surface area contributed by atoms with Crippen LogP contribution in [0.1, 0.15) is 0 Å². The fraction of sp³-hybridized carbons (Fsp3) is 0.333. The first kappa shape index (κ1) is 18.1. The molecule has 0 aliphatic carbocycles. The molecule has 0 bridgehead atoms. The molecule has 0 radical (unpaired) electrons. The third-order valence-electron chi connectivity index (χ3n) is 2.20. The third kappa shape index (κ3) is 4.63. The molecule has 0 saturated heterocycles. The zero-order valence-corrected chi connectivity index (χ0v) is 18.0. The quantitative estimate of drug-likeness (QED) is 0.452. The Morgan fingerprint density at radius 3 is 1.00 bits per heavy atom. The number of thioether (sulfide) groups is 8. The second kappa shape index (κ2) is 9.15. The standard InChI is InChI=1S/C12H14S8/c1-13-9-10(14-2)18-7(17-9)5-6-8-19-11(15-3)12(16-4)20-8/h5-6H,1-4H3. The van der Waals surface area contributed by atoms with Crippen molar-refractivity contribution in [1.82, 2.24) is 0 Å². The van der Waals surface area contributed by atoms with E-state index in [0.717, 1.165) is 0 Å². The molecule has 110 valence electrons. The second-order valence-electron chi connectivity index (χ2n) is 3.35. The first-order chi connectivity index (χ1) is 9.71. The van der Waals surface area contributed by atoms with Crippen LogP contribution in [-0.2, 0) is 0 Å². The molecule has 0 fully saturated rings. The predicted octanol–water partition coefficient (Wildman–Crippen LogP) is 7.33. The van der Waals surface area contributed by atoms with Crippen molar-refractivity contribution >= 4 is 94.1 Å². The average molecular weight is 415 g/mol. The molecule has 2 rings (SSSR count). The van der Waals surface area contributed by atoms with E-state index in [-0.39, 0.29) is 0 Å². The molecule has 0 aromatic heterocycles. The van der Waals surface area contributed by atoms with Crippen LogP contribution < -0.4 is 0 Å². The molecule has 2 heterocycles. The van der Waals surface area contributed by atoms with Gasteiger partial charge in [-0.15, -0.1) is 47.0 Å². The van der Waals surface area contributed by atoms with Crippen LogP contribution in [0.2, 0.25) is 0 Å². The van der Waals surface area contributed by atoms with Crippen molar-refractivity contribution in [3.8, 4) is 0 Å². The SMILES string of the molecule is CSC1=C(SC)SC(=CC=C2SC(SC)=C(SC)S2)S1. The second-order valence-corrected chi connectivity index (χ2v) is 12.4. The topological polar surface area (TPSA) is 0 Å². The Balaban J connectivity index is 2.01. The molecule has 0 spiro atoms. The van der Waals surface area contributed by atoms with Crippen LogP contribution in [0.25, 0.3) is 0 Å². The molecule has 0 nitrogen and oxygen atoms in total. The highest BCUT2D eigenvalue weighted by molar-refractivity contribution is 8.41. The Morgan fingerprint density at radius 2 is 0.800 bits per heavy atom. The molecule has 8 heteroatoms. The third-order valence-corrected chi connectivity index (χ3v) is 12.4. The van der Waals surface area contributed by atoms with Gasteiger partial charge in [0, 0.05) is 0 Å². The normalized spacial score (nSPS) is 19.4. The average Bonchev–Trinajstić information content (AvgIpc) is 3.07. The maximum atomic E-state index is 2.27. The van der Waals surface area contributed by atoms with Gasteiger partial charge < -0.3 is 0 Å². The van der Waals surface area contributed by atoms with Gasteiger partial charge in [0.15, 0.2) is 0 Å². The molecule has 0 saturated carbocycles. The van der Waals surface area contributed by atoms with Gasteiger partial charge in [-0.2, -0.15) is 0 Å². The van der Waals surface area contributed by atoms with Crippen molar-refractivity contribution in [2.75, 3.05) is 25.0 Å². The molecule has 0 atom stereocenters. The van der Waals surface area contributed by atoms with Gasteiger partial charge in [0.25, 0.3) is 0 Å². The lowest BCUT2D eigenvalue weighted by molar-refractivity contribution is 2.05. The summed E-state index contributed by atoms with van der Waals surface area (Å²) in [5.74, 6) is 0. The predicted molar refractivity (Wildman–Crippen MR) is 115 cm³/mol. The summed E-state index contributed by atoms with van der Waals surface area (Å²) in [5, 5.41) is 0. The van der Waals surface area contributed by atoms with Gasteiger partial charge in [0.1, 0.15) is 0 Å². The summed E-state index contributed by atoms with van der Waals surface area (Å²) < 4.78 is 8.52. The Bertz CT molecular complexity index is 418. The van der Waals surface area contributed by atoms with Crippen molar-refractivity contribution < 1.29 is 0 Å². The van der Waals surface area contributed by atoms with Crippen LogP contribution >= 0.6 is 94.1 Å². The van der Waals surface area contributed by atoms with Crippen LogP contribution in [0.4, 0.5) is 0 Å². The van der Waals surface area contributed by atoms with Crippen molar-refractivity contribution in [1.29, 1.82) is 0 Å². The largest absolute Gasteiger partial charge is 0.121 e. The van der Waals surface area contributed by atoms with E-state index < -0.39 is 0 Å². The molecular weight excluding hydrogens is 401 g/mol. The fourth-order valence-corrected chi connectivity index (χ4v) is 11.0. The molecule has 2 aliphatic rings. The van der Waals surface area contributed by atoms with Gasteiger partial charge in [0.05, 0.1) is 25.4 Å². The van der Waals surface area contributed by atoms with Crippen LogP contribution in [0.3, 0.4) is 0 Å². The molecule has 0 aromatic rings. The summed E-state index contributed by atoms with van der Waals surface area (Å²) in [6.45, 7) is 0.